The number of phenols is 1. The molecule has 3 nitrogen and oxygen atoms in total. The number of phenolic OH excluding ortho intramolecular Hbond substituents is 1. The zero-order valence-corrected chi connectivity index (χ0v) is 10.1. The van der Waals surface area contributed by atoms with Crippen molar-refractivity contribution >= 4 is 5.69 Å². The molecule has 2 aromatic carbocycles. The molecular weight excluding hydrogens is 224 g/mol. The molecule has 0 atom stereocenters. The molecule has 0 saturated heterocycles. The van der Waals surface area contributed by atoms with Crippen LogP contribution in [0.5, 0.6) is 5.75 Å². The quantitative estimate of drug-likeness (QED) is 0.863. The molecule has 0 fully saturated rings. The van der Waals surface area contributed by atoms with Gasteiger partial charge in [-0.25, -0.2) is 0 Å². The maximum atomic E-state index is 9.18. The van der Waals surface area contributed by atoms with E-state index in [1.807, 2.05) is 37.3 Å². The fraction of sp³-hybridized carbons (Fsp3) is 0.133. The van der Waals surface area contributed by atoms with Gasteiger partial charge < -0.3 is 10.4 Å². The van der Waals surface area contributed by atoms with Gasteiger partial charge in [-0.05, 0) is 48.4 Å². The minimum absolute atomic E-state index is 0.271. The molecule has 3 heteroatoms. The molecule has 0 aliphatic heterocycles. The molecule has 2 rings (SSSR count). The zero-order chi connectivity index (χ0) is 13.0. The number of nitriles is 1. The van der Waals surface area contributed by atoms with Gasteiger partial charge in [-0.15, -0.1) is 0 Å². The van der Waals surface area contributed by atoms with Gasteiger partial charge in [0.1, 0.15) is 5.75 Å². The van der Waals surface area contributed by atoms with Gasteiger partial charge in [0.2, 0.25) is 0 Å². The lowest BCUT2D eigenvalue weighted by Gasteiger charge is -2.08. The third-order valence-corrected chi connectivity index (χ3v) is 2.78. The first-order chi connectivity index (χ1) is 8.69. The van der Waals surface area contributed by atoms with Gasteiger partial charge in [0.15, 0.2) is 0 Å². The number of benzene rings is 2. The van der Waals surface area contributed by atoms with E-state index in [1.54, 1.807) is 12.1 Å². The number of aromatic hydroxyl groups is 1. The molecule has 0 aliphatic carbocycles. The number of aryl methyl sites for hydroxylation is 1. The average Bonchev–Trinajstić information content (AvgIpc) is 2.38. The van der Waals surface area contributed by atoms with Crippen LogP contribution in [-0.4, -0.2) is 5.11 Å². The van der Waals surface area contributed by atoms with Crippen LogP contribution in [0.4, 0.5) is 5.69 Å². The van der Waals surface area contributed by atoms with E-state index in [-0.39, 0.29) is 5.75 Å². The summed E-state index contributed by atoms with van der Waals surface area (Å²) in [6.07, 6.45) is 0. The Hall–Kier alpha value is -2.47. The van der Waals surface area contributed by atoms with Gasteiger partial charge in [0.25, 0.3) is 0 Å². The van der Waals surface area contributed by atoms with E-state index in [0.717, 1.165) is 16.8 Å². The highest BCUT2D eigenvalue weighted by Gasteiger charge is 1.99. The molecule has 90 valence electrons. The van der Waals surface area contributed by atoms with E-state index in [0.29, 0.717) is 12.1 Å². The predicted octanol–water partition coefficient (Wildman–Crippen LogP) is 3.18. The number of nitrogens with one attached hydrogen (secondary N) is 1. The Balaban J connectivity index is 2.04. The van der Waals surface area contributed by atoms with Crippen molar-refractivity contribution in [2.45, 2.75) is 13.5 Å². The summed E-state index contributed by atoms with van der Waals surface area (Å²) in [4.78, 5) is 0. The van der Waals surface area contributed by atoms with Crippen LogP contribution in [0.25, 0.3) is 0 Å². The molecule has 0 radical (unpaired) electrons. The van der Waals surface area contributed by atoms with Crippen LogP contribution in [0.2, 0.25) is 0 Å². The molecule has 0 aliphatic rings. The molecular formula is C15H14N2O. The monoisotopic (exact) mass is 238 g/mol. The second-order valence-electron chi connectivity index (χ2n) is 4.16. The lowest BCUT2D eigenvalue weighted by molar-refractivity contribution is 0.475. The van der Waals surface area contributed by atoms with Crippen LogP contribution in [0.3, 0.4) is 0 Å². The molecule has 0 aromatic heterocycles. The smallest absolute Gasteiger partial charge is 0.115 e. The summed E-state index contributed by atoms with van der Waals surface area (Å²) in [6.45, 7) is 2.61. The average molecular weight is 238 g/mol. The van der Waals surface area contributed by atoms with Crippen molar-refractivity contribution in [3.63, 3.8) is 0 Å². The first-order valence-corrected chi connectivity index (χ1v) is 5.71. The number of anilines is 1. The van der Waals surface area contributed by atoms with Crippen molar-refractivity contribution in [1.29, 1.82) is 5.26 Å². The lowest BCUT2D eigenvalue weighted by Crippen LogP contribution is -1.99. The van der Waals surface area contributed by atoms with E-state index in [1.165, 1.54) is 0 Å². The molecule has 0 saturated carbocycles. The third-order valence-electron chi connectivity index (χ3n) is 2.78. The molecule has 2 N–H and O–H groups in total. The van der Waals surface area contributed by atoms with E-state index < -0.39 is 0 Å². The first-order valence-electron chi connectivity index (χ1n) is 5.71. The zero-order valence-electron chi connectivity index (χ0n) is 10.1. The largest absolute Gasteiger partial charge is 0.508 e. The predicted molar refractivity (Wildman–Crippen MR) is 71.3 cm³/mol. The van der Waals surface area contributed by atoms with Crippen molar-refractivity contribution in [2.75, 3.05) is 5.32 Å². The highest BCUT2D eigenvalue weighted by molar-refractivity contribution is 5.51. The van der Waals surface area contributed by atoms with Crippen molar-refractivity contribution in [2.24, 2.45) is 0 Å². The van der Waals surface area contributed by atoms with Crippen LogP contribution in [0.15, 0.2) is 42.5 Å². The molecule has 0 bridgehead atoms. The van der Waals surface area contributed by atoms with Gasteiger partial charge in [-0.2, -0.15) is 5.26 Å². The normalized spacial score (nSPS) is 9.78. The Labute approximate surface area is 106 Å². The van der Waals surface area contributed by atoms with E-state index in [2.05, 4.69) is 11.4 Å². The Morgan fingerprint density at radius 3 is 2.50 bits per heavy atom. The Morgan fingerprint density at radius 1 is 1.17 bits per heavy atom. The van der Waals surface area contributed by atoms with Crippen LogP contribution in [-0.2, 0) is 6.54 Å². The summed E-state index contributed by atoms with van der Waals surface area (Å²) in [7, 11) is 0. The molecule has 0 unspecified atom stereocenters. The van der Waals surface area contributed by atoms with E-state index in [4.69, 9.17) is 5.26 Å². The van der Waals surface area contributed by atoms with E-state index in [9.17, 15) is 5.11 Å². The van der Waals surface area contributed by atoms with Gasteiger partial charge in [0.05, 0.1) is 11.6 Å². The van der Waals surface area contributed by atoms with Gasteiger partial charge in [0, 0.05) is 12.2 Å². The minimum atomic E-state index is 0.271. The highest BCUT2D eigenvalue weighted by atomic mass is 16.3. The number of hydrogen-bond donors (Lipinski definition) is 2. The molecule has 2 aromatic rings. The second kappa shape index (κ2) is 5.24. The summed E-state index contributed by atoms with van der Waals surface area (Å²) < 4.78 is 0. The molecule has 0 amide bonds. The van der Waals surface area contributed by atoms with Crippen LogP contribution < -0.4 is 5.32 Å². The number of nitrogens with zero attached hydrogens (tertiary/aromatic N) is 1. The SMILES string of the molecule is Cc1cc(NCc2ccc(O)cc2)ccc1C#N. The Morgan fingerprint density at radius 2 is 1.89 bits per heavy atom. The summed E-state index contributed by atoms with van der Waals surface area (Å²) in [5.41, 5.74) is 3.74. The van der Waals surface area contributed by atoms with Crippen molar-refractivity contribution in [3.05, 3.63) is 59.2 Å². The first kappa shape index (κ1) is 12.0. The third kappa shape index (κ3) is 2.80. The maximum absolute atomic E-state index is 9.18. The van der Waals surface area contributed by atoms with Crippen LogP contribution in [0.1, 0.15) is 16.7 Å². The van der Waals surface area contributed by atoms with Crippen LogP contribution >= 0.6 is 0 Å². The number of hydrogen-bond acceptors (Lipinski definition) is 3. The second-order valence-corrected chi connectivity index (χ2v) is 4.16. The standard InChI is InChI=1S/C15H14N2O/c1-11-8-14(5-4-13(11)9-16)17-10-12-2-6-15(18)7-3-12/h2-8,17-18H,10H2,1H3. The van der Waals surface area contributed by atoms with Crippen molar-refractivity contribution < 1.29 is 5.11 Å². The molecule has 0 spiro atoms. The van der Waals surface area contributed by atoms with Gasteiger partial charge in [-0.3, -0.25) is 0 Å². The highest BCUT2D eigenvalue weighted by Crippen LogP contribution is 2.16. The Bertz CT molecular complexity index is 582. The summed E-state index contributed by atoms with van der Waals surface area (Å²) in [5.74, 6) is 0.271. The minimum Gasteiger partial charge on any atom is -0.508 e. The van der Waals surface area contributed by atoms with Crippen molar-refractivity contribution in [1.82, 2.24) is 0 Å². The Kier molecular flexibility index (Phi) is 3.49. The maximum Gasteiger partial charge on any atom is 0.115 e. The fourth-order valence-corrected chi connectivity index (χ4v) is 1.72. The lowest BCUT2D eigenvalue weighted by atomic mass is 10.1. The fourth-order valence-electron chi connectivity index (χ4n) is 1.72. The van der Waals surface area contributed by atoms with Gasteiger partial charge in [-0.1, -0.05) is 12.1 Å². The number of rotatable bonds is 3. The molecule has 0 heterocycles. The van der Waals surface area contributed by atoms with E-state index >= 15 is 0 Å². The topological polar surface area (TPSA) is 56.0 Å². The summed E-state index contributed by atoms with van der Waals surface area (Å²) >= 11 is 0. The summed E-state index contributed by atoms with van der Waals surface area (Å²) in [6, 6.07) is 14.9. The molecule has 18 heavy (non-hydrogen) atoms. The van der Waals surface area contributed by atoms with Crippen LogP contribution in [0, 0.1) is 18.3 Å². The van der Waals surface area contributed by atoms with Gasteiger partial charge >= 0.3 is 0 Å². The summed E-state index contributed by atoms with van der Waals surface area (Å²) in [5, 5.41) is 21.3. The van der Waals surface area contributed by atoms with Crippen molar-refractivity contribution in [3.8, 4) is 11.8 Å².